The number of aromatic hydroxyl groups is 2. The highest BCUT2D eigenvalue weighted by atomic mass is 16.5. The van der Waals surface area contributed by atoms with Crippen molar-refractivity contribution in [2.24, 2.45) is 0 Å². The van der Waals surface area contributed by atoms with E-state index in [-0.39, 0.29) is 23.4 Å². The minimum atomic E-state index is -0.162. The number of hydrogen-bond acceptors (Lipinski definition) is 4. The first kappa shape index (κ1) is 19.6. The van der Waals surface area contributed by atoms with Crippen molar-refractivity contribution in [1.29, 1.82) is 0 Å². The lowest BCUT2D eigenvalue weighted by atomic mass is 9.98. The van der Waals surface area contributed by atoms with Crippen LogP contribution in [0.3, 0.4) is 0 Å². The number of phenols is 2. The highest BCUT2D eigenvalue weighted by Gasteiger charge is 2.17. The average molecular weight is 354 g/mol. The lowest BCUT2D eigenvalue weighted by Crippen LogP contribution is -2.09. The number of benzene rings is 2. The van der Waals surface area contributed by atoms with E-state index in [0.717, 1.165) is 16.7 Å². The van der Waals surface area contributed by atoms with E-state index >= 15 is 0 Å². The minimum Gasteiger partial charge on any atom is -0.508 e. The van der Waals surface area contributed by atoms with Gasteiger partial charge in [-0.25, -0.2) is 0 Å². The molecular formula is C22H26O4. The van der Waals surface area contributed by atoms with Gasteiger partial charge in [0.15, 0.2) is 5.78 Å². The number of ketones is 1. The summed E-state index contributed by atoms with van der Waals surface area (Å²) in [6.45, 7) is 7.81. The predicted molar refractivity (Wildman–Crippen MR) is 104 cm³/mol. The van der Waals surface area contributed by atoms with Crippen LogP contribution < -0.4 is 4.74 Å². The zero-order valence-electron chi connectivity index (χ0n) is 15.7. The lowest BCUT2D eigenvalue weighted by Gasteiger charge is -2.19. The lowest BCUT2D eigenvalue weighted by molar-refractivity contribution is 0.104. The molecule has 0 bridgehead atoms. The van der Waals surface area contributed by atoms with E-state index in [0.29, 0.717) is 24.2 Å². The molecule has 0 spiro atoms. The van der Waals surface area contributed by atoms with Gasteiger partial charge in [-0.2, -0.15) is 0 Å². The third-order valence-electron chi connectivity index (χ3n) is 4.11. The Kier molecular flexibility index (Phi) is 6.45. The molecule has 4 heteroatoms. The van der Waals surface area contributed by atoms with Gasteiger partial charge in [-0.05, 0) is 74.7 Å². The highest BCUT2D eigenvalue weighted by Crippen LogP contribution is 2.37. The fourth-order valence-corrected chi connectivity index (χ4v) is 2.78. The Balaban J connectivity index is 2.45. The number of carbonyl (C=O) groups is 1. The van der Waals surface area contributed by atoms with Crippen LogP contribution in [-0.2, 0) is 12.8 Å². The van der Waals surface area contributed by atoms with E-state index in [9.17, 15) is 15.0 Å². The SMILES string of the molecule is CCc1cc(/C=C/C(=O)c2ccc(O)cc2)c(OC(C)C)c(CC)c1O. The van der Waals surface area contributed by atoms with Gasteiger partial charge in [-0.3, -0.25) is 4.79 Å². The van der Waals surface area contributed by atoms with E-state index in [4.69, 9.17) is 4.74 Å². The summed E-state index contributed by atoms with van der Waals surface area (Å²) in [5, 5.41) is 19.8. The summed E-state index contributed by atoms with van der Waals surface area (Å²) in [6, 6.07) is 8.00. The smallest absolute Gasteiger partial charge is 0.185 e. The summed E-state index contributed by atoms with van der Waals surface area (Å²) in [5.74, 6) is 0.848. The molecule has 0 unspecified atom stereocenters. The van der Waals surface area contributed by atoms with Crippen molar-refractivity contribution in [2.75, 3.05) is 0 Å². The van der Waals surface area contributed by atoms with Gasteiger partial charge in [-0.15, -0.1) is 0 Å². The Morgan fingerprint density at radius 1 is 1.12 bits per heavy atom. The van der Waals surface area contributed by atoms with Crippen LogP contribution in [0.15, 0.2) is 36.4 Å². The molecule has 26 heavy (non-hydrogen) atoms. The van der Waals surface area contributed by atoms with Gasteiger partial charge in [0.05, 0.1) is 6.10 Å². The third-order valence-corrected chi connectivity index (χ3v) is 4.11. The quantitative estimate of drug-likeness (QED) is 0.548. The van der Waals surface area contributed by atoms with E-state index < -0.39 is 0 Å². The molecule has 2 rings (SSSR count). The summed E-state index contributed by atoms with van der Waals surface area (Å²) in [4.78, 5) is 12.4. The van der Waals surface area contributed by atoms with Crippen LogP contribution in [0.4, 0.5) is 0 Å². The molecule has 4 nitrogen and oxygen atoms in total. The Morgan fingerprint density at radius 2 is 1.77 bits per heavy atom. The Morgan fingerprint density at radius 3 is 2.31 bits per heavy atom. The van der Waals surface area contributed by atoms with E-state index in [1.165, 1.54) is 18.2 Å². The van der Waals surface area contributed by atoms with Gasteiger partial charge >= 0.3 is 0 Å². The van der Waals surface area contributed by atoms with Gasteiger partial charge in [-0.1, -0.05) is 13.8 Å². The molecule has 0 radical (unpaired) electrons. The normalized spacial score (nSPS) is 11.3. The molecule has 2 aromatic carbocycles. The number of allylic oxidation sites excluding steroid dienone is 1. The number of hydrogen-bond donors (Lipinski definition) is 2. The summed E-state index contributed by atoms with van der Waals surface area (Å²) < 4.78 is 5.95. The molecule has 0 aliphatic carbocycles. The van der Waals surface area contributed by atoms with Crippen molar-refractivity contribution >= 4 is 11.9 Å². The topological polar surface area (TPSA) is 66.8 Å². The molecular weight excluding hydrogens is 328 g/mol. The van der Waals surface area contributed by atoms with Crippen molar-refractivity contribution in [2.45, 2.75) is 46.6 Å². The van der Waals surface area contributed by atoms with Gasteiger partial charge in [0, 0.05) is 16.7 Å². The molecule has 0 aromatic heterocycles. The van der Waals surface area contributed by atoms with Crippen LogP contribution in [0.25, 0.3) is 6.08 Å². The van der Waals surface area contributed by atoms with E-state index in [2.05, 4.69) is 0 Å². The van der Waals surface area contributed by atoms with Crippen molar-refractivity contribution in [3.63, 3.8) is 0 Å². The second-order valence-electron chi connectivity index (χ2n) is 6.40. The summed E-state index contributed by atoms with van der Waals surface area (Å²) in [7, 11) is 0. The molecule has 0 aliphatic rings. The highest BCUT2D eigenvalue weighted by molar-refractivity contribution is 6.07. The molecule has 0 heterocycles. The third kappa shape index (κ3) is 4.45. The number of aryl methyl sites for hydroxylation is 1. The zero-order valence-corrected chi connectivity index (χ0v) is 15.7. The molecule has 0 saturated heterocycles. The van der Waals surface area contributed by atoms with Crippen LogP contribution in [0.5, 0.6) is 17.2 Å². The molecule has 138 valence electrons. The van der Waals surface area contributed by atoms with E-state index in [1.807, 2.05) is 33.8 Å². The fourth-order valence-electron chi connectivity index (χ4n) is 2.78. The Bertz CT molecular complexity index is 802. The Labute approximate surface area is 154 Å². The molecule has 0 amide bonds. The monoisotopic (exact) mass is 354 g/mol. The average Bonchev–Trinajstić information content (AvgIpc) is 2.61. The largest absolute Gasteiger partial charge is 0.508 e. The zero-order chi connectivity index (χ0) is 19.3. The Hall–Kier alpha value is -2.75. The predicted octanol–water partition coefficient (Wildman–Crippen LogP) is 4.91. The van der Waals surface area contributed by atoms with Crippen LogP contribution in [0.1, 0.15) is 54.7 Å². The molecule has 0 saturated carbocycles. The van der Waals surface area contributed by atoms with Gasteiger partial charge < -0.3 is 14.9 Å². The number of ether oxygens (including phenoxy) is 1. The number of rotatable bonds is 7. The second-order valence-corrected chi connectivity index (χ2v) is 6.40. The van der Waals surface area contributed by atoms with Gasteiger partial charge in [0.1, 0.15) is 17.2 Å². The van der Waals surface area contributed by atoms with Crippen LogP contribution in [-0.4, -0.2) is 22.1 Å². The number of phenolic OH excluding ortho intramolecular Hbond substituents is 2. The van der Waals surface area contributed by atoms with Crippen molar-refractivity contribution in [1.82, 2.24) is 0 Å². The number of carbonyl (C=O) groups excluding carboxylic acids is 1. The van der Waals surface area contributed by atoms with Crippen LogP contribution in [0, 0.1) is 0 Å². The first-order valence-corrected chi connectivity index (χ1v) is 8.93. The summed E-state index contributed by atoms with van der Waals surface area (Å²) >= 11 is 0. The summed E-state index contributed by atoms with van der Waals surface area (Å²) in [6.07, 6.45) is 4.49. The van der Waals surface area contributed by atoms with Crippen LogP contribution in [0.2, 0.25) is 0 Å². The van der Waals surface area contributed by atoms with Crippen molar-refractivity contribution < 1.29 is 19.7 Å². The maximum atomic E-state index is 12.4. The fraction of sp³-hybridized carbons (Fsp3) is 0.318. The van der Waals surface area contributed by atoms with E-state index in [1.54, 1.807) is 18.2 Å². The van der Waals surface area contributed by atoms with Gasteiger partial charge in [0.25, 0.3) is 0 Å². The maximum absolute atomic E-state index is 12.4. The second kappa shape index (κ2) is 8.56. The maximum Gasteiger partial charge on any atom is 0.185 e. The molecule has 0 aliphatic heterocycles. The molecule has 2 N–H and O–H groups in total. The standard InChI is InChI=1S/C22H26O4/c1-5-15-13-17(22(26-14(3)4)19(6-2)21(15)25)9-12-20(24)16-7-10-18(23)11-8-16/h7-14,23,25H,5-6H2,1-4H3/b12-9+. The molecule has 2 aromatic rings. The molecule has 0 fully saturated rings. The molecule has 0 atom stereocenters. The first-order valence-electron chi connectivity index (χ1n) is 8.93. The van der Waals surface area contributed by atoms with Crippen molar-refractivity contribution in [3.8, 4) is 17.2 Å². The first-order chi connectivity index (χ1) is 12.4. The minimum absolute atomic E-state index is 0.0490. The van der Waals surface area contributed by atoms with Crippen LogP contribution >= 0.6 is 0 Å². The van der Waals surface area contributed by atoms with Gasteiger partial charge in [0.2, 0.25) is 0 Å². The van der Waals surface area contributed by atoms with Crippen molar-refractivity contribution in [3.05, 3.63) is 58.7 Å². The summed E-state index contributed by atoms with van der Waals surface area (Å²) in [5.41, 5.74) is 2.86.